The number of cyclic esters (lactones) is 1. The number of ether oxygens (including phenoxy) is 1. The molecule has 1 saturated heterocycles. The molecule has 2 heterocycles. The molecule has 0 saturated carbocycles. The van der Waals surface area contributed by atoms with Crippen LogP contribution in [-0.4, -0.2) is 32.7 Å². The largest absolute Gasteiger partial charge is 0.465 e. The third-order valence-corrected chi connectivity index (χ3v) is 4.72. The first-order valence-corrected chi connectivity index (χ1v) is 7.69. The van der Waals surface area contributed by atoms with Crippen molar-refractivity contribution in [2.75, 3.05) is 12.4 Å². The quantitative estimate of drug-likeness (QED) is 0.679. The molecule has 0 amide bonds. The minimum absolute atomic E-state index is 0.255. The molecule has 1 aliphatic rings. The van der Waals surface area contributed by atoms with Crippen molar-refractivity contribution in [3.05, 3.63) is 28.2 Å². The van der Waals surface area contributed by atoms with Crippen molar-refractivity contribution in [3.63, 3.8) is 0 Å². The van der Waals surface area contributed by atoms with Crippen LogP contribution in [0.15, 0.2) is 23.4 Å². The molecule has 1 atom stereocenters. The minimum atomic E-state index is -0.301. The average molecular weight is 345 g/mol. The van der Waals surface area contributed by atoms with Gasteiger partial charge in [-0.25, -0.2) is 4.68 Å². The highest BCUT2D eigenvalue weighted by atomic mass is 35.5. The third kappa shape index (κ3) is 2.81. The predicted octanol–water partition coefficient (Wildman–Crippen LogP) is 2.37. The number of nitrogen functional groups attached to an aromatic ring is 1. The second kappa shape index (κ2) is 5.75. The number of hydrogen-bond acceptors (Lipinski definition) is 6. The summed E-state index contributed by atoms with van der Waals surface area (Å²) in [7, 11) is 0. The molecule has 2 N–H and O–H groups in total. The van der Waals surface area contributed by atoms with E-state index >= 15 is 0 Å². The summed E-state index contributed by atoms with van der Waals surface area (Å²) < 4.78 is 6.22. The van der Waals surface area contributed by atoms with Crippen LogP contribution >= 0.6 is 35.0 Å². The highest BCUT2D eigenvalue weighted by Gasteiger charge is 2.30. The molecule has 0 unspecified atom stereocenters. The maximum Gasteiger partial charge on any atom is 0.319 e. The number of benzene rings is 1. The number of rotatable bonds is 3. The molecule has 0 bridgehead atoms. The van der Waals surface area contributed by atoms with Crippen LogP contribution in [0.2, 0.25) is 10.0 Å². The number of carbonyl (C=O) groups excluding carboxylic acids is 1. The lowest BCUT2D eigenvalue weighted by Crippen LogP contribution is -2.15. The van der Waals surface area contributed by atoms with E-state index in [9.17, 15) is 4.79 Å². The monoisotopic (exact) mass is 344 g/mol. The Kier molecular flexibility index (Phi) is 3.97. The first kappa shape index (κ1) is 14.5. The van der Waals surface area contributed by atoms with Gasteiger partial charge in [0, 0.05) is 17.0 Å². The van der Waals surface area contributed by atoms with E-state index in [0.717, 1.165) is 0 Å². The van der Waals surface area contributed by atoms with E-state index in [2.05, 4.69) is 10.2 Å². The fourth-order valence-electron chi connectivity index (χ4n) is 1.92. The van der Waals surface area contributed by atoms with Gasteiger partial charge in [0.1, 0.15) is 5.25 Å². The van der Waals surface area contributed by atoms with Gasteiger partial charge >= 0.3 is 5.97 Å². The Bertz CT molecular complexity index is 707. The van der Waals surface area contributed by atoms with E-state index in [1.165, 1.54) is 16.4 Å². The first-order valence-electron chi connectivity index (χ1n) is 6.05. The molecule has 1 fully saturated rings. The molecule has 0 radical (unpaired) electrons. The van der Waals surface area contributed by atoms with Gasteiger partial charge in [0.25, 0.3) is 0 Å². The number of aromatic nitrogens is 3. The lowest BCUT2D eigenvalue weighted by atomic mass is 10.2. The van der Waals surface area contributed by atoms with Crippen LogP contribution in [0.4, 0.5) is 0 Å². The van der Waals surface area contributed by atoms with Crippen LogP contribution < -0.4 is 5.84 Å². The summed E-state index contributed by atoms with van der Waals surface area (Å²) in [5, 5.41) is 9.12. The summed E-state index contributed by atoms with van der Waals surface area (Å²) in [6.07, 6.45) is 0.632. The van der Waals surface area contributed by atoms with Crippen LogP contribution in [0.1, 0.15) is 6.42 Å². The van der Waals surface area contributed by atoms with Gasteiger partial charge < -0.3 is 10.6 Å². The Morgan fingerprint density at radius 3 is 2.86 bits per heavy atom. The van der Waals surface area contributed by atoms with E-state index in [4.69, 9.17) is 33.8 Å². The zero-order valence-corrected chi connectivity index (χ0v) is 13.0. The summed E-state index contributed by atoms with van der Waals surface area (Å²) in [6, 6.07) is 5.02. The Balaban J connectivity index is 1.90. The van der Waals surface area contributed by atoms with Crippen molar-refractivity contribution in [2.24, 2.45) is 0 Å². The number of nitrogens with zero attached hydrogens (tertiary/aromatic N) is 3. The van der Waals surface area contributed by atoms with Crippen LogP contribution in [0, 0.1) is 0 Å². The molecule has 21 heavy (non-hydrogen) atoms. The average Bonchev–Trinajstić information content (AvgIpc) is 2.99. The molecule has 1 aromatic carbocycles. The Labute approximate surface area is 134 Å². The molecule has 1 aliphatic heterocycles. The minimum Gasteiger partial charge on any atom is -0.465 e. The van der Waals surface area contributed by atoms with Gasteiger partial charge in [0.15, 0.2) is 5.82 Å². The molecule has 6 nitrogen and oxygen atoms in total. The highest BCUT2D eigenvalue weighted by Crippen LogP contribution is 2.32. The number of hydrogen-bond donors (Lipinski definition) is 1. The van der Waals surface area contributed by atoms with Crippen LogP contribution in [-0.2, 0) is 9.53 Å². The molecule has 0 aliphatic carbocycles. The maximum atomic E-state index is 11.5. The topological polar surface area (TPSA) is 83.0 Å². The normalized spacial score (nSPS) is 18.0. The number of thioether (sulfide) groups is 1. The third-order valence-electron chi connectivity index (χ3n) is 2.97. The molecule has 1 aromatic heterocycles. The van der Waals surface area contributed by atoms with Crippen molar-refractivity contribution in [3.8, 4) is 11.4 Å². The highest BCUT2D eigenvalue weighted by molar-refractivity contribution is 8.00. The van der Waals surface area contributed by atoms with E-state index in [1.807, 2.05) is 0 Å². The van der Waals surface area contributed by atoms with Gasteiger partial charge in [-0.3, -0.25) is 4.79 Å². The van der Waals surface area contributed by atoms with Gasteiger partial charge in [0.05, 0.1) is 11.6 Å². The maximum absolute atomic E-state index is 11.5. The van der Waals surface area contributed by atoms with Crippen LogP contribution in [0.3, 0.4) is 0 Å². The van der Waals surface area contributed by atoms with E-state index < -0.39 is 0 Å². The SMILES string of the molecule is Nn1c(S[C@H]2CCOC2=O)nnc1-c1ccc(Cl)cc1Cl. The number of halogens is 2. The molecule has 9 heteroatoms. The fraction of sp³-hybridized carbons (Fsp3) is 0.250. The van der Waals surface area contributed by atoms with Gasteiger partial charge in [-0.15, -0.1) is 10.2 Å². The van der Waals surface area contributed by atoms with Gasteiger partial charge in [-0.2, -0.15) is 0 Å². The zero-order chi connectivity index (χ0) is 15.0. The fourth-order valence-corrected chi connectivity index (χ4v) is 3.34. The molecular formula is C12H10Cl2N4O2S. The van der Waals surface area contributed by atoms with Crippen molar-refractivity contribution in [1.82, 2.24) is 14.9 Å². The smallest absolute Gasteiger partial charge is 0.319 e. The van der Waals surface area contributed by atoms with Crippen molar-refractivity contribution in [1.29, 1.82) is 0 Å². The van der Waals surface area contributed by atoms with Crippen LogP contribution in [0.25, 0.3) is 11.4 Å². The second-order valence-corrected chi connectivity index (χ2v) is 6.38. The lowest BCUT2D eigenvalue weighted by Gasteiger charge is -2.07. The zero-order valence-electron chi connectivity index (χ0n) is 10.6. The summed E-state index contributed by atoms with van der Waals surface area (Å²) >= 11 is 13.2. The first-order chi connectivity index (χ1) is 10.1. The number of carbonyl (C=O) groups is 1. The molecular weight excluding hydrogens is 335 g/mol. The van der Waals surface area contributed by atoms with Gasteiger partial charge in [0.2, 0.25) is 5.16 Å². The summed E-state index contributed by atoms with van der Waals surface area (Å²) in [5.41, 5.74) is 0.622. The Morgan fingerprint density at radius 2 is 2.19 bits per heavy atom. The number of esters is 1. The van der Waals surface area contributed by atoms with Gasteiger partial charge in [-0.1, -0.05) is 35.0 Å². The Hall–Kier alpha value is -1.44. The van der Waals surface area contributed by atoms with E-state index in [-0.39, 0.29) is 11.2 Å². The predicted molar refractivity (Wildman–Crippen MR) is 80.8 cm³/mol. The molecule has 3 rings (SSSR count). The Morgan fingerprint density at radius 1 is 1.38 bits per heavy atom. The molecule has 110 valence electrons. The molecule has 0 spiro atoms. The van der Waals surface area contributed by atoms with Crippen LogP contribution in [0.5, 0.6) is 0 Å². The van der Waals surface area contributed by atoms with E-state index in [0.29, 0.717) is 39.6 Å². The second-order valence-electron chi connectivity index (χ2n) is 4.36. The summed E-state index contributed by atoms with van der Waals surface area (Å²) in [4.78, 5) is 11.5. The van der Waals surface area contributed by atoms with Crippen molar-refractivity contribution < 1.29 is 9.53 Å². The summed E-state index contributed by atoms with van der Waals surface area (Å²) in [5.74, 6) is 6.15. The van der Waals surface area contributed by atoms with E-state index in [1.54, 1.807) is 18.2 Å². The van der Waals surface area contributed by atoms with Crippen molar-refractivity contribution in [2.45, 2.75) is 16.8 Å². The lowest BCUT2D eigenvalue weighted by molar-refractivity contribution is -0.137. The molecule has 2 aromatic rings. The van der Waals surface area contributed by atoms with Gasteiger partial charge in [-0.05, 0) is 18.2 Å². The standard InChI is InChI=1S/C12H10Cl2N4O2S/c13-6-1-2-7(8(14)5-6)10-16-17-12(18(10)15)21-9-3-4-20-11(9)19/h1-2,5,9H,3-4,15H2/t9-/m0/s1. The summed E-state index contributed by atoms with van der Waals surface area (Å²) in [6.45, 7) is 0.422. The number of nitrogens with two attached hydrogens (primary N) is 1. The van der Waals surface area contributed by atoms with Crippen molar-refractivity contribution >= 4 is 40.9 Å².